The summed E-state index contributed by atoms with van der Waals surface area (Å²) in [5, 5.41) is 0. The lowest BCUT2D eigenvalue weighted by molar-refractivity contribution is 0.308. The summed E-state index contributed by atoms with van der Waals surface area (Å²) in [5.41, 5.74) is 1.24. The Morgan fingerprint density at radius 1 is 1.26 bits per heavy atom. The van der Waals surface area contributed by atoms with Gasteiger partial charge in [-0.1, -0.05) is 27.7 Å². The van der Waals surface area contributed by atoms with Crippen molar-refractivity contribution in [2.24, 2.45) is 0 Å². The largest absolute Gasteiger partial charge is 0.493 e. The van der Waals surface area contributed by atoms with Crippen LogP contribution in [0.3, 0.4) is 0 Å². The highest BCUT2D eigenvalue weighted by Crippen LogP contribution is 2.36. The molecule has 0 aliphatic rings. The number of hydrogen-bond donors (Lipinski definition) is 0. The van der Waals surface area contributed by atoms with Crippen molar-refractivity contribution in [3.63, 3.8) is 0 Å². The molecule has 0 aromatic heterocycles. The molecule has 108 valence electrons. The van der Waals surface area contributed by atoms with Crippen molar-refractivity contribution in [2.75, 3.05) is 6.61 Å². The lowest BCUT2D eigenvalue weighted by Gasteiger charge is -2.24. The lowest BCUT2D eigenvalue weighted by atomic mass is 9.86. The quantitative estimate of drug-likeness (QED) is 0.789. The molecule has 1 aromatic carbocycles. The van der Waals surface area contributed by atoms with Crippen LogP contribution in [0.2, 0.25) is 0 Å². The number of ether oxygens (including phenoxy) is 1. The van der Waals surface area contributed by atoms with Crippen molar-refractivity contribution in [3.05, 3.63) is 23.3 Å². The van der Waals surface area contributed by atoms with E-state index in [1.54, 1.807) is 19.1 Å². The van der Waals surface area contributed by atoms with Crippen LogP contribution >= 0.6 is 10.7 Å². The van der Waals surface area contributed by atoms with E-state index in [2.05, 4.69) is 0 Å². The molecule has 0 heterocycles. The van der Waals surface area contributed by atoms with Crippen molar-refractivity contribution in [3.8, 4) is 5.75 Å². The Morgan fingerprint density at radius 3 is 2.26 bits per heavy atom. The molecule has 19 heavy (non-hydrogen) atoms. The van der Waals surface area contributed by atoms with Gasteiger partial charge in [-0.05, 0) is 36.5 Å². The van der Waals surface area contributed by atoms with Gasteiger partial charge in [0, 0.05) is 16.2 Å². The highest BCUT2D eigenvalue weighted by molar-refractivity contribution is 8.13. The van der Waals surface area contributed by atoms with Crippen molar-refractivity contribution < 1.29 is 13.2 Å². The van der Waals surface area contributed by atoms with Gasteiger partial charge in [-0.25, -0.2) is 8.42 Å². The van der Waals surface area contributed by atoms with E-state index in [1.165, 1.54) is 0 Å². The Labute approximate surface area is 120 Å². The van der Waals surface area contributed by atoms with Crippen LogP contribution in [0.1, 0.15) is 45.2 Å². The van der Waals surface area contributed by atoms with Crippen LogP contribution in [-0.2, 0) is 14.5 Å². The SMILES string of the molecule is CCCOc1cc(C)c(S(=O)(=O)Cl)cc1C(C)(C)C. The maximum absolute atomic E-state index is 11.6. The molecule has 0 aliphatic heterocycles. The van der Waals surface area contributed by atoms with E-state index in [0.717, 1.165) is 17.7 Å². The molecule has 1 rings (SSSR count). The van der Waals surface area contributed by atoms with E-state index < -0.39 is 9.05 Å². The Morgan fingerprint density at radius 2 is 1.84 bits per heavy atom. The second-order valence-electron chi connectivity index (χ2n) is 5.65. The highest BCUT2D eigenvalue weighted by atomic mass is 35.7. The molecule has 0 atom stereocenters. The third-order valence-electron chi connectivity index (χ3n) is 2.81. The fourth-order valence-electron chi connectivity index (χ4n) is 1.84. The van der Waals surface area contributed by atoms with E-state index in [9.17, 15) is 8.42 Å². The number of rotatable bonds is 4. The molecule has 0 aliphatic carbocycles. The predicted octanol–water partition coefficient (Wildman–Crippen LogP) is 4.01. The fourth-order valence-corrected chi connectivity index (χ4v) is 3.04. The maximum atomic E-state index is 11.6. The molecule has 5 heteroatoms. The molecule has 0 unspecified atom stereocenters. The monoisotopic (exact) mass is 304 g/mol. The van der Waals surface area contributed by atoms with Gasteiger partial charge in [0.2, 0.25) is 0 Å². The van der Waals surface area contributed by atoms with Gasteiger partial charge >= 0.3 is 0 Å². The topological polar surface area (TPSA) is 43.4 Å². The average molecular weight is 305 g/mol. The first-order chi connectivity index (χ1) is 8.57. The molecule has 0 saturated carbocycles. The summed E-state index contributed by atoms with van der Waals surface area (Å²) >= 11 is 0. The minimum atomic E-state index is -3.74. The zero-order chi connectivity index (χ0) is 14.8. The summed E-state index contributed by atoms with van der Waals surface area (Å²) in [6, 6.07) is 3.38. The zero-order valence-electron chi connectivity index (χ0n) is 12.1. The Bertz CT molecular complexity index is 557. The van der Waals surface area contributed by atoms with Gasteiger partial charge in [-0.2, -0.15) is 0 Å². The molecular formula is C14H21ClO3S. The second kappa shape index (κ2) is 5.71. The molecule has 0 N–H and O–H groups in total. The number of aryl methyl sites for hydroxylation is 1. The van der Waals surface area contributed by atoms with Gasteiger partial charge in [-0.3, -0.25) is 0 Å². The van der Waals surface area contributed by atoms with Gasteiger partial charge in [0.25, 0.3) is 9.05 Å². The lowest BCUT2D eigenvalue weighted by Crippen LogP contribution is -2.15. The summed E-state index contributed by atoms with van der Waals surface area (Å²) in [6.45, 7) is 10.4. The third-order valence-corrected chi connectivity index (χ3v) is 4.27. The molecule has 0 radical (unpaired) electrons. The molecular weight excluding hydrogens is 284 g/mol. The summed E-state index contributed by atoms with van der Waals surface area (Å²) in [5.74, 6) is 0.732. The first-order valence-electron chi connectivity index (χ1n) is 6.30. The Balaban J connectivity index is 3.46. The van der Waals surface area contributed by atoms with Crippen molar-refractivity contribution in [2.45, 2.75) is 51.3 Å². The van der Waals surface area contributed by atoms with Gasteiger partial charge in [0.05, 0.1) is 11.5 Å². The first-order valence-corrected chi connectivity index (χ1v) is 8.61. The van der Waals surface area contributed by atoms with Gasteiger partial charge in [0.15, 0.2) is 0 Å². The van der Waals surface area contributed by atoms with E-state index >= 15 is 0 Å². The molecule has 0 fully saturated rings. The van der Waals surface area contributed by atoms with Crippen LogP contribution in [0.5, 0.6) is 5.75 Å². The number of hydrogen-bond acceptors (Lipinski definition) is 3. The summed E-state index contributed by atoms with van der Waals surface area (Å²) in [4.78, 5) is 0.156. The van der Waals surface area contributed by atoms with Crippen LogP contribution in [0, 0.1) is 6.92 Å². The highest BCUT2D eigenvalue weighted by Gasteiger charge is 2.24. The molecule has 0 bridgehead atoms. The Kier molecular flexibility index (Phi) is 4.91. The molecule has 1 aromatic rings. The Hall–Kier alpha value is -0.740. The van der Waals surface area contributed by atoms with Gasteiger partial charge in [0.1, 0.15) is 5.75 Å². The summed E-state index contributed by atoms with van der Waals surface area (Å²) in [7, 11) is 1.74. The van der Waals surface area contributed by atoms with Crippen LogP contribution < -0.4 is 4.74 Å². The van der Waals surface area contributed by atoms with Gasteiger partial charge in [-0.15, -0.1) is 0 Å². The molecule has 0 amide bonds. The zero-order valence-corrected chi connectivity index (χ0v) is 13.7. The van der Waals surface area contributed by atoms with Crippen LogP contribution in [0.4, 0.5) is 0 Å². The summed E-state index contributed by atoms with van der Waals surface area (Å²) < 4.78 is 28.9. The maximum Gasteiger partial charge on any atom is 0.261 e. The standard InChI is InChI=1S/C14H21ClO3S/c1-6-7-18-12-8-10(2)13(19(15,16)17)9-11(12)14(3,4)5/h8-9H,6-7H2,1-5H3. The van der Waals surface area contributed by atoms with E-state index in [4.69, 9.17) is 15.4 Å². The molecule has 3 nitrogen and oxygen atoms in total. The van der Waals surface area contributed by atoms with Crippen LogP contribution in [0.15, 0.2) is 17.0 Å². The van der Waals surface area contributed by atoms with E-state index in [-0.39, 0.29) is 10.3 Å². The first kappa shape index (κ1) is 16.3. The predicted molar refractivity (Wildman–Crippen MR) is 78.7 cm³/mol. The van der Waals surface area contributed by atoms with Crippen molar-refractivity contribution in [1.82, 2.24) is 0 Å². The third kappa shape index (κ3) is 4.11. The van der Waals surface area contributed by atoms with E-state index in [0.29, 0.717) is 12.2 Å². The number of halogens is 1. The second-order valence-corrected chi connectivity index (χ2v) is 8.18. The van der Waals surface area contributed by atoms with Crippen LogP contribution in [-0.4, -0.2) is 15.0 Å². The average Bonchev–Trinajstić information content (AvgIpc) is 2.22. The molecule has 0 spiro atoms. The van der Waals surface area contributed by atoms with Gasteiger partial charge < -0.3 is 4.74 Å². The normalized spacial score (nSPS) is 12.5. The smallest absolute Gasteiger partial charge is 0.261 e. The van der Waals surface area contributed by atoms with Crippen molar-refractivity contribution in [1.29, 1.82) is 0 Å². The van der Waals surface area contributed by atoms with Crippen LogP contribution in [0.25, 0.3) is 0 Å². The minimum Gasteiger partial charge on any atom is -0.493 e. The van der Waals surface area contributed by atoms with E-state index in [1.807, 2.05) is 27.7 Å². The fraction of sp³-hybridized carbons (Fsp3) is 0.571. The number of benzene rings is 1. The minimum absolute atomic E-state index is 0.156. The summed E-state index contributed by atoms with van der Waals surface area (Å²) in [6.07, 6.45) is 0.901. The van der Waals surface area contributed by atoms with Crippen molar-refractivity contribution >= 4 is 19.7 Å². The molecule has 0 saturated heterocycles.